The molecular weight excluding hydrogens is 374 g/mol. The molecule has 0 fully saturated rings. The molecule has 1 N–H and O–H groups in total. The molecule has 0 radical (unpaired) electrons. The molecule has 4 nitrogen and oxygen atoms in total. The summed E-state index contributed by atoms with van der Waals surface area (Å²) >= 11 is 0. The zero-order valence-electron chi connectivity index (χ0n) is 18.2. The second-order valence-electron chi connectivity index (χ2n) is 7.96. The predicted octanol–water partition coefficient (Wildman–Crippen LogP) is 5.91. The third-order valence-corrected chi connectivity index (χ3v) is 5.22. The van der Waals surface area contributed by atoms with Crippen molar-refractivity contribution in [3.63, 3.8) is 0 Å². The monoisotopic (exact) mass is 405 g/mol. The highest BCUT2D eigenvalue weighted by Gasteiger charge is 2.24. The molecule has 30 heavy (non-hydrogen) atoms. The van der Waals surface area contributed by atoms with Crippen molar-refractivity contribution in [1.82, 2.24) is 5.32 Å². The fraction of sp³-hybridized carbons (Fsp3) is 0.346. The standard InChI is InChI=1S/C26H31NO3/c1-5-24(30-25-12-8-10-19-9-6-7-11-22(19)25)26(28)27-23(17-18(2)3)20-13-15-21(29-4)16-14-20/h6-16,18,23-24H,5,17H2,1-4H3,(H,27,28)/t23-,24+/m1/s1. The van der Waals surface area contributed by atoms with Crippen molar-refractivity contribution >= 4 is 16.7 Å². The molecule has 4 heteroatoms. The molecule has 0 saturated carbocycles. The van der Waals surface area contributed by atoms with Crippen molar-refractivity contribution in [2.24, 2.45) is 5.92 Å². The molecule has 0 saturated heterocycles. The van der Waals surface area contributed by atoms with Crippen LogP contribution in [0, 0.1) is 5.92 Å². The lowest BCUT2D eigenvalue weighted by Gasteiger charge is -2.25. The highest BCUT2D eigenvalue weighted by molar-refractivity contribution is 5.89. The van der Waals surface area contributed by atoms with Crippen LogP contribution in [0.2, 0.25) is 0 Å². The molecule has 3 aromatic carbocycles. The Bertz CT molecular complexity index is 960. The normalized spacial score (nSPS) is 13.1. The number of amides is 1. The SMILES string of the molecule is CC[C@H](Oc1cccc2ccccc12)C(=O)N[C@H](CC(C)C)c1ccc(OC)cc1. The van der Waals surface area contributed by atoms with Gasteiger partial charge in [-0.2, -0.15) is 0 Å². The van der Waals surface area contributed by atoms with Gasteiger partial charge < -0.3 is 14.8 Å². The van der Waals surface area contributed by atoms with Crippen molar-refractivity contribution in [1.29, 1.82) is 0 Å². The van der Waals surface area contributed by atoms with E-state index in [2.05, 4.69) is 19.2 Å². The van der Waals surface area contributed by atoms with Crippen molar-refractivity contribution in [3.8, 4) is 11.5 Å². The van der Waals surface area contributed by atoms with Crippen molar-refractivity contribution < 1.29 is 14.3 Å². The van der Waals surface area contributed by atoms with Crippen molar-refractivity contribution in [3.05, 3.63) is 72.3 Å². The smallest absolute Gasteiger partial charge is 0.261 e. The molecule has 2 atom stereocenters. The Morgan fingerprint density at radius 1 is 0.967 bits per heavy atom. The molecule has 1 amide bonds. The molecule has 0 heterocycles. The van der Waals surface area contributed by atoms with E-state index >= 15 is 0 Å². The number of hydrogen-bond donors (Lipinski definition) is 1. The van der Waals surface area contributed by atoms with Crippen LogP contribution in [0.3, 0.4) is 0 Å². The van der Waals surface area contributed by atoms with Crippen LogP contribution in [0.25, 0.3) is 10.8 Å². The Balaban J connectivity index is 1.78. The number of methoxy groups -OCH3 is 1. The number of rotatable bonds is 9. The number of carbonyl (C=O) groups excluding carboxylic acids is 1. The summed E-state index contributed by atoms with van der Waals surface area (Å²) in [5, 5.41) is 5.33. The summed E-state index contributed by atoms with van der Waals surface area (Å²) in [6.45, 7) is 6.29. The molecule has 0 spiro atoms. The van der Waals surface area contributed by atoms with E-state index in [1.54, 1.807) is 7.11 Å². The zero-order chi connectivity index (χ0) is 21.5. The molecule has 0 aliphatic rings. The first-order chi connectivity index (χ1) is 14.5. The Labute approximate surface area is 179 Å². The van der Waals surface area contributed by atoms with Gasteiger partial charge in [-0.1, -0.05) is 69.3 Å². The minimum absolute atomic E-state index is 0.0754. The van der Waals surface area contributed by atoms with Gasteiger partial charge in [-0.3, -0.25) is 4.79 Å². The average Bonchev–Trinajstić information content (AvgIpc) is 2.76. The molecule has 0 aliphatic heterocycles. The van der Waals surface area contributed by atoms with E-state index in [9.17, 15) is 4.79 Å². The molecule has 0 aliphatic carbocycles. The summed E-state index contributed by atoms with van der Waals surface area (Å²) < 4.78 is 11.4. The van der Waals surface area contributed by atoms with Gasteiger partial charge in [0.25, 0.3) is 5.91 Å². The van der Waals surface area contributed by atoms with E-state index in [0.29, 0.717) is 12.3 Å². The first kappa shape index (κ1) is 21.7. The highest BCUT2D eigenvalue weighted by Crippen LogP contribution is 2.28. The van der Waals surface area contributed by atoms with Crippen molar-refractivity contribution in [2.45, 2.75) is 45.8 Å². The Hall–Kier alpha value is -3.01. The second kappa shape index (κ2) is 10.1. The van der Waals surface area contributed by atoms with Gasteiger partial charge >= 0.3 is 0 Å². The third kappa shape index (κ3) is 5.32. The quantitative estimate of drug-likeness (QED) is 0.481. The number of nitrogens with one attached hydrogen (secondary N) is 1. The first-order valence-corrected chi connectivity index (χ1v) is 10.6. The van der Waals surface area contributed by atoms with Crippen LogP contribution >= 0.6 is 0 Å². The number of ether oxygens (including phenoxy) is 2. The minimum atomic E-state index is -0.552. The summed E-state index contributed by atoms with van der Waals surface area (Å²) in [6.07, 6.45) is 0.887. The van der Waals surface area contributed by atoms with Gasteiger partial charge in [-0.25, -0.2) is 0 Å². The van der Waals surface area contributed by atoms with Crippen LogP contribution in [0.15, 0.2) is 66.7 Å². The molecular formula is C26H31NO3. The van der Waals surface area contributed by atoms with Crippen LogP contribution in [0.4, 0.5) is 0 Å². The maximum absolute atomic E-state index is 13.1. The van der Waals surface area contributed by atoms with Gasteiger partial charge in [0.2, 0.25) is 0 Å². The van der Waals surface area contributed by atoms with Crippen LogP contribution in [-0.2, 0) is 4.79 Å². The second-order valence-corrected chi connectivity index (χ2v) is 7.96. The number of fused-ring (bicyclic) bond motifs is 1. The average molecular weight is 406 g/mol. The topological polar surface area (TPSA) is 47.6 Å². The van der Waals surface area contributed by atoms with E-state index in [4.69, 9.17) is 9.47 Å². The van der Waals surface area contributed by atoms with Crippen LogP contribution < -0.4 is 14.8 Å². The van der Waals surface area contributed by atoms with Crippen LogP contribution in [0.5, 0.6) is 11.5 Å². The third-order valence-electron chi connectivity index (χ3n) is 5.22. The van der Waals surface area contributed by atoms with Crippen molar-refractivity contribution in [2.75, 3.05) is 7.11 Å². The summed E-state index contributed by atoms with van der Waals surface area (Å²) in [5.41, 5.74) is 1.07. The van der Waals surface area contributed by atoms with Gasteiger partial charge in [0.15, 0.2) is 6.10 Å². The van der Waals surface area contributed by atoms with Gasteiger partial charge in [0, 0.05) is 5.39 Å². The van der Waals surface area contributed by atoms with E-state index in [0.717, 1.165) is 34.3 Å². The maximum atomic E-state index is 13.1. The van der Waals surface area contributed by atoms with E-state index < -0.39 is 6.10 Å². The molecule has 3 aromatic rings. The highest BCUT2D eigenvalue weighted by atomic mass is 16.5. The summed E-state index contributed by atoms with van der Waals surface area (Å²) in [5.74, 6) is 1.89. The number of hydrogen-bond acceptors (Lipinski definition) is 3. The first-order valence-electron chi connectivity index (χ1n) is 10.6. The van der Waals surface area contributed by atoms with Gasteiger partial charge in [-0.15, -0.1) is 0 Å². The molecule has 3 rings (SSSR count). The molecule has 158 valence electrons. The van der Waals surface area contributed by atoms with Crippen LogP contribution in [0.1, 0.15) is 45.2 Å². The molecule has 0 bridgehead atoms. The van der Waals surface area contributed by atoms with Gasteiger partial charge in [0.1, 0.15) is 11.5 Å². The maximum Gasteiger partial charge on any atom is 0.261 e. The van der Waals surface area contributed by atoms with Gasteiger partial charge in [-0.05, 0) is 47.9 Å². The number of benzene rings is 3. The lowest BCUT2D eigenvalue weighted by Crippen LogP contribution is -2.40. The Morgan fingerprint density at radius 3 is 2.33 bits per heavy atom. The van der Waals surface area contributed by atoms with Crippen LogP contribution in [-0.4, -0.2) is 19.1 Å². The Kier molecular flexibility index (Phi) is 7.34. The summed E-state index contributed by atoms with van der Waals surface area (Å²) in [4.78, 5) is 13.1. The van der Waals surface area contributed by atoms with E-state index in [1.165, 1.54) is 0 Å². The minimum Gasteiger partial charge on any atom is -0.497 e. The fourth-order valence-electron chi connectivity index (χ4n) is 3.62. The summed E-state index contributed by atoms with van der Waals surface area (Å²) in [6, 6.07) is 21.8. The lowest BCUT2D eigenvalue weighted by molar-refractivity contribution is -0.129. The number of carbonyl (C=O) groups is 1. The van der Waals surface area contributed by atoms with E-state index in [1.807, 2.05) is 73.7 Å². The zero-order valence-corrected chi connectivity index (χ0v) is 18.2. The largest absolute Gasteiger partial charge is 0.497 e. The Morgan fingerprint density at radius 2 is 1.67 bits per heavy atom. The molecule has 0 aromatic heterocycles. The lowest BCUT2D eigenvalue weighted by atomic mass is 9.96. The predicted molar refractivity (Wildman–Crippen MR) is 122 cm³/mol. The van der Waals surface area contributed by atoms with E-state index in [-0.39, 0.29) is 11.9 Å². The fourth-order valence-corrected chi connectivity index (χ4v) is 3.62. The summed E-state index contributed by atoms with van der Waals surface area (Å²) in [7, 11) is 1.65. The molecule has 0 unspecified atom stereocenters. The van der Waals surface area contributed by atoms with Gasteiger partial charge in [0.05, 0.1) is 13.2 Å².